The normalized spacial score (nSPS) is 12.9. The zero-order valence-corrected chi connectivity index (χ0v) is 17.3. The molecule has 162 valence electrons. The first-order valence-electron chi connectivity index (χ1n) is 9.73. The van der Waals surface area contributed by atoms with Crippen LogP contribution in [0.15, 0.2) is 53.5 Å². The maximum Gasteiger partial charge on any atom is 0.416 e. The number of rotatable bonds is 7. The molecule has 0 aromatic heterocycles. The van der Waals surface area contributed by atoms with Crippen LogP contribution < -0.4 is 16.0 Å². The molecule has 2 rings (SSSR count). The van der Waals surface area contributed by atoms with Crippen LogP contribution in [0.1, 0.15) is 47.3 Å². The molecule has 0 bridgehead atoms. The molecular formula is C22H27F3N4O. The van der Waals surface area contributed by atoms with Crippen LogP contribution in [0.4, 0.5) is 13.2 Å². The summed E-state index contributed by atoms with van der Waals surface area (Å²) in [6.45, 7) is 4.56. The first-order valence-corrected chi connectivity index (χ1v) is 9.73. The van der Waals surface area contributed by atoms with E-state index >= 15 is 0 Å². The standard InChI is InChI=1S/C22H27F3N4O/c1-4-15(2)29-20(30)18-9-5-7-16(11-18)13-27-21(26-3)28-14-17-8-6-10-19(12-17)22(23,24)25/h5-12,15H,4,13-14H2,1-3H3,(H,29,30)(H2,26,27,28). The molecular weight excluding hydrogens is 393 g/mol. The summed E-state index contributed by atoms with van der Waals surface area (Å²) in [5, 5.41) is 9.03. The molecule has 0 heterocycles. The van der Waals surface area contributed by atoms with Gasteiger partial charge < -0.3 is 16.0 Å². The van der Waals surface area contributed by atoms with Gasteiger partial charge >= 0.3 is 6.18 Å². The van der Waals surface area contributed by atoms with Crippen LogP contribution in [0, 0.1) is 0 Å². The molecule has 0 spiro atoms. The predicted octanol–water partition coefficient (Wildman–Crippen LogP) is 4.10. The molecule has 1 atom stereocenters. The summed E-state index contributed by atoms with van der Waals surface area (Å²) < 4.78 is 38.5. The number of guanidine groups is 1. The summed E-state index contributed by atoms with van der Waals surface area (Å²) in [4.78, 5) is 16.4. The van der Waals surface area contributed by atoms with Crippen LogP contribution >= 0.6 is 0 Å². The Hall–Kier alpha value is -3.03. The molecule has 0 fully saturated rings. The van der Waals surface area contributed by atoms with Crippen LogP contribution in [0.2, 0.25) is 0 Å². The molecule has 0 aliphatic rings. The molecule has 1 amide bonds. The second-order valence-corrected chi connectivity index (χ2v) is 6.96. The molecule has 0 aliphatic carbocycles. The third-order valence-corrected chi connectivity index (χ3v) is 4.58. The van der Waals surface area contributed by atoms with Gasteiger partial charge in [0.1, 0.15) is 0 Å². The molecule has 0 aliphatic heterocycles. The van der Waals surface area contributed by atoms with E-state index in [4.69, 9.17) is 0 Å². The number of nitrogens with zero attached hydrogens (tertiary/aromatic N) is 1. The fraction of sp³-hybridized carbons (Fsp3) is 0.364. The van der Waals surface area contributed by atoms with E-state index < -0.39 is 11.7 Å². The van der Waals surface area contributed by atoms with Gasteiger partial charge in [0.05, 0.1) is 5.56 Å². The van der Waals surface area contributed by atoms with Crippen molar-refractivity contribution < 1.29 is 18.0 Å². The second-order valence-electron chi connectivity index (χ2n) is 6.96. The van der Waals surface area contributed by atoms with Crippen molar-refractivity contribution in [3.63, 3.8) is 0 Å². The third-order valence-electron chi connectivity index (χ3n) is 4.58. The van der Waals surface area contributed by atoms with E-state index in [-0.39, 0.29) is 18.5 Å². The number of aliphatic imine (C=N–C) groups is 1. The third kappa shape index (κ3) is 7.09. The molecule has 2 aromatic rings. The average Bonchev–Trinajstić information content (AvgIpc) is 2.73. The fourth-order valence-corrected chi connectivity index (χ4v) is 2.68. The number of alkyl halides is 3. The van der Waals surface area contributed by atoms with Crippen LogP contribution in [0.25, 0.3) is 0 Å². The number of nitrogens with one attached hydrogen (secondary N) is 3. The van der Waals surface area contributed by atoms with Crippen molar-refractivity contribution >= 4 is 11.9 Å². The van der Waals surface area contributed by atoms with Gasteiger partial charge in [-0.3, -0.25) is 9.79 Å². The molecule has 5 nitrogen and oxygen atoms in total. The maximum atomic E-state index is 12.8. The first-order chi connectivity index (χ1) is 14.2. The summed E-state index contributed by atoms with van der Waals surface area (Å²) in [6.07, 6.45) is -3.52. The largest absolute Gasteiger partial charge is 0.416 e. The highest BCUT2D eigenvalue weighted by Gasteiger charge is 2.30. The number of carbonyl (C=O) groups is 1. The minimum Gasteiger partial charge on any atom is -0.352 e. The van der Waals surface area contributed by atoms with Crippen molar-refractivity contribution in [3.8, 4) is 0 Å². The van der Waals surface area contributed by atoms with Gasteiger partial charge in [0.15, 0.2) is 5.96 Å². The van der Waals surface area contributed by atoms with Gasteiger partial charge in [-0.15, -0.1) is 0 Å². The van der Waals surface area contributed by atoms with E-state index in [2.05, 4.69) is 20.9 Å². The number of benzene rings is 2. The SMILES string of the molecule is CCC(C)NC(=O)c1cccc(CNC(=NC)NCc2cccc(C(F)(F)F)c2)c1. The Balaban J connectivity index is 1.93. The van der Waals surface area contributed by atoms with Crippen molar-refractivity contribution in [3.05, 3.63) is 70.8 Å². The Morgan fingerprint density at radius 3 is 2.20 bits per heavy atom. The monoisotopic (exact) mass is 420 g/mol. The lowest BCUT2D eigenvalue weighted by Crippen LogP contribution is -2.36. The first kappa shape index (κ1) is 23.3. The molecule has 8 heteroatoms. The van der Waals surface area contributed by atoms with Gasteiger partial charge in [0.25, 0.3) is 5.91 Å². The van der Waals surface area contributed by atoms with Crippen molar-refractivity contribution in [2.75, 3.05) is 7.05 Å². The van der Waals surface area contributed by atoms with E-state index in [9.17, 15) is 18.0 Å². The van der Waals surface area contributed by atoms with Crippen molar-refractivity contribution in [1.29, 1.82) is 0 Å². The lowest BCUT2D eigenvalue weighted by molar-refractivity contribution is -0.137. The van der Waals surface area contributed by atoms with Crippen molar-refractivity contribution in [1.82, 2.24) is 16.0 Å². The number of hydrogen-bond donors (Lipinski definition) is 3. The lowest BCUT2D eigenvalue weighted by Gasteiger charge is -2.14. The van der Waals surface area contributed by atoms with Gasteiger partial charge in [-0.05, 0) is 48.7 Å². The Morgan fingerprint density at radius 2 is 1.63 bits per heavy atom. The van der Waals surface area contributed by atoms with Gasteiger partial charge in [-0.1, -0.05) is 31.2 Å². The average molecular weight is 420 g/mol. The highest BCUT2D eigenvalue weighted by atomic mass is 19.4. The number of amides is 1. The van der Waals surface area contributed by atoms with E-state index in [0.717, 1.165) is 24.1 Å². The Labute approximate surface area is 174 Å². The van der Waals surface area contributed by atoms with Crippen molar-refractivity contribution in [2.24, 2.45) is 4.99 Å². The van der Waals surface area contributed by atoms with Crippen LogP contribution in [0.3, 0.4) is 0 Å². The molecule has 30 heavy (non-hydrogen) atoms. The highest BCUT2D eigenvalue weighted by molar-refractivity contribution is 5.94. The highest BCUT2D eigenvalue weighted by Crippen LogP contribution is 2.29. The topological polar surface area (TPSA) is 65.5 Å². The van der Waals surface area contributed by atoms with Gasteiger partial charge in [-0.2, -0.15) is 13.2 Å². The Bertz CT molecular complexity index is 881. The van der Waals surface area contributed by atoms with Crippen LogP contribution in [-0.4, -0.2) is 25.0 Å². The van der Waals surface area contributed by atoms with E-state index in [1.807, 2.05) is 19.9 Å². The summed E-state index contributed by atoms with van der Waals surface area (Å²) in [7, 11) is 1.58. The minimum absolute atomic E-state index is 0.0955. The van der Waals surface area contributed by atoms with E-state index in [1.54, 1.807) is 31.3 Å². The van der Waals surface area contributed by atoms with Crippen LogP contribution in [0.5, 0.6) is 0 Å². The molecule has 3 N–H and O–H groups in total. The quantitative estimate of drug-likeness (QED) is 0.467. The van der Waals surface area contributed by atoms with Gasteiger partial charge in [0.2, 0.25) is 0 Å². The lowest BCUT2D eigenvalue weighted by atomic mass is 10.1. The smallest absolute Gasteiger partial charge is 0.352 e. The zero-order chi connectivity index (χ0) is 22.1. The minimum atomic E-state index is -4.37. The summed E-state index contributed by atoms with van der Waals surface area (Å²) in [5.41, 5.74) is 1.27. The molecule has 2 aromatic carbocycles. The molecule has 1 unspecified atom stereocenters. The summed E-state index contributed by atoms with van der Waals surface area (Å²) in [6, 6.07) is 12.5. The maximum absolute atomic E-state index is 12.8. The summed E-state index contributed by atoms with van der Waals surface area (Å²) in [5.74, 6) is 0.320. The molecule has 0 saturated heterocycles. The van der Waals surface area contributed by atoms with E-state index in [1.165, 1.54) is 6.07 Å². The van der Waals surface area contributed by atoms with E-state index in [0.29, 0.717) is 23.6 Å². The second kappa shape index (κ2) is 10.7. The fourth-order valence-electron chi connectivity index (χ4n) is 2.68. The zero-order valence-electron chi connectivity index (χ0n) is 17.3. The predicted molar refractivity (Wildman–Crippen MR) is 112 cm³/mol. The molecule has 0 radical (unpaired) electrons. The number of carbonyl (C=O) groups excluding carboxylic acids is 1. The number of halogens is 3. The van der Waals surface area contributed by atoms with Gasteiger partial charge in [-0.25, -0.2) is 0 Å². The Kier molecular flexibility index (Phi) is 8.26. The molecule has 0 saturated carbocycles. The van der Waals surface area contributed by atoms with Gasteiger partial charge in [0, 0.05) is 31.7 Å². The number of hydrogen-bond acceptors (Lipinski definition) is 2. The Morgan fingerprint density at radius 1 is 1.03 bits per heavy atom. The summed E-state index contributed by atoms with van der Waals surface area (Å²) >= 11 is 0. The van der Waals surface area contributed by atoms with Crippen LogP contribution in [-0.2, 0) is 19.3 Å². The van der Waals surface area contributed by atoms with Crippen molar-refractivity contribution in [2.45, 2.75) is 45.6 Å².